The Labute approximate surface area is 112 Å². The largest absolute Gasteiger partial charge is 0.394 e. The van der Waals surface area contributed by atoms with E-state index in [2.05, 4.69) is 0 Å². The third kappa shape index (κ3) is 1280. The molecule has 0 aliphatic carbocycles. The van der Waals surface area contributed by atoms with Gasteiger partial charge in [-0.05, 0) is 41.5 Å². The first-order valence-corrected chi connectivity index (χ1v) is 4.24. The Hall–Kier alpha value is 1.13. The van der Waals surface area contributed by atoms with Crippen LogP contribution in [0.25, 0.3) is 0 Å². The fraction of sp³-hybridized carbons (Fsp3) is 1.00. The van der Waals surface area contributed by atoms with Gasteiger partial charge in [0.15, 0.2) is 0 Å². The molecule has 0 rings (SSSR count). The normalized spacial score (nSPS) is 8.31. The van der Waals surface area contributed by atoms with Crippen LogP contribution < -0.4 is 0 Å². The van der Waals surface area contributed by atoms with E-state index >= 15 is 0 Å². The van der Waals surface area contributed by atoms with Gasteiger partial charge in [0.05, 0.1) is 0 Å². The van der Waals surface area contributed by atoms with Crippen LogP contribution in [0.15, 0.2) is 0 Å². The smallest absolute Gasteiger partial charge is 0.0483 e. The molecule has 0 radical (unpaired) electrons. The van der Waals surface area contributed by atoms with Gasteiger partial charge in [0.1, 0.15) is 0 Å². The average molecular weight is 348 g/mol. The maximum absolute atomic E-state index is 8.06. The van der Waals surface area contributed by atoms with Crippen molar-refractivity contribution in [3.63, 3.8) is 0 Å². The van der Waals surface area contributed by atoms with Gasteiger partial charge >= 0.3 is 0 Å². The third-order valence-corrected chi connectivity index (χ3v) is 0. The van der Waals surface area contributed by atoms with Crippen molar-refractivity contribution in [2.24, 2.45) is 0 Å². The Morgan fingerprint density at radius 1 is 0.538 bits per heavy atom. The molecule has 0 unspecified atom stereocenters. The molecule has 0 atom stereocenters. The van der Waals surface area contributed by atoms with Crippen LogP contribution in [0.1, 0.15) is 41.5 Å². The van der Waals surface area contributed by atoms with Crippen molar-refractivity contribution in [2.45, 2.75) is 59.9 Å². The minimum atomic E-state index is -0.167. The molecule has 0 aliphatic rings. The summed E-state index contributed by atoms with van der Waals surface area (Å²) in [4.78, 5) is 0. The average Bonchev–Trinajstić information content (AvgIpc) is 1.54. The van der Waals surface area contributed by atoms with Gasteiger partial charge in [-0.3, -0.25) is 0 Å². The van der Waals surface area contributed by atoms with Gasteiger partial charge in [0.2, 0.25) is 0 Å². The number of aliphatic hydroxyl groups is 3. The molecule has 0 heterocycles. The summed E-state index contributed by atoms with van der Waals surface area (Å²) in [5, 5.41) is 24.2. The summed E-state index contributed by atoms with van der Waals surface area (Å²) in [7, 11) is 0. The predicted octanol–water partition coefficient (Wildman–Crippen LogP) is 1.16. The predicted molar refractivity (Wildman–Crippen MR) is 52.1 cm³/mol. The van der Waals surface area contributed by atoms with Crippen LogP contribution in [0.2, 0.25) is 0 Å². The molecule has 90 valence electrons. The van der Waals surface area contributed by atoms with Crippen molar-refractivity contribution in [3.05, 3.63) is 0 Å². The molecular weight excluding hydrogens is 323 g/mol. The van der Waals surface area contributed by atoms with Crippen molar-refractivity contribution in [3.8, 4) is 0 Å². The van der Waals surface area contributed by atoms with Gasteiger partial charge in [-0.25, -0.2) is 0 Å². The summed E-state index contributed by atoms with van der Waals surface area (Å²) in [6.07, 6.45) is -0.500. The zero-order valence-corrected chi connectivity index (χ0v) is 11.2. The summed E-state index contributed by atoms with van der Waals surface area (Å²) in [6.45, 7) is 10.3. The van der Waals surface area contributed by atoms with E-state index in [1.54, 1.807) is 41.5 Å². The molecule has 0 amide bonds. The fourth-order valence-corrected chi connectivity index (χ4v) is 0. The van der Waals surface area contributed by atoms with Crippen LogP contribution in [-0.4, -0.2) is 33.6 Å². The Kier molecular flexibility index (Phi) is 34.4. The van der Waals surface area contributed by atoms with E-state index < -0.39 is 0 Å². The van der Waals surface area contributed by atoms with Gasteiger partial charge in [-0.1, -0.05) is 0 Å². The molecule has 0 saturated carbocycles. The molecule has 0 bridgehead atoms. The van der Waals surface area contributed by atoms with Crippen LogP contribution in [0.5, 0.6) is 0 Å². The molecule has 3 N–H and O–H groups in total. The van der Waals surface area contributed by atoms with Crippen molar-refractivity contribution < 1.29 is 52.6 Å². The van der Waals surface area contributed by atoms with Gasteiger partial charge in [-0.2, -0.15) is 0 Å². The van der Waals surface area contributed by atoms with E-state index in [-0.39, 0.29) is 55.6 Å². The summed E-state index contributed by atoms with van der Waals surface area (Å²) in [5.41, 5.74) is 0. The van der Waals surface area contributed by atoms with Gasteiger partial charge < -0.3 is 15.3 Å². The molecule has 0 aromatic carbocycles. The Bertz CT molecular complexity index is 43.4. The van der Waals surface area contributed by atoms with Gasteiger partial charge in [-0.15, -0.1) is 0 Å². The van der Waals surface area contributed by atoms with Crippen molar-refractivity contribution in [1.82, 2.24) is 0 Å². The molecule has 0 aromatic rings. The molecule has 0 aliphatic heterocycles. The second-order valence-corrected chi connectivity index (χ2v) is 3.28. The monoisotopic (exact) mass is 346 g/mol. The van der Waals surface area contributed by atoms with Crippen LogP contribution in [0.4, 0.5) is 0 Å². The van der Waals surface area contributed by atoms with E-state index in [1.165, 1.54) is 0 Å². The van der Waals surface area contributed by atoms with E-state index in [0.717, 1.165) is 0 Å². The zero-order chi connectivity index (χ0) is 10.7. The van der Waals surface area contributed by atoms with Crippen molar-refractivity contribution >= 4 is 0 Å². The number of rotatable bonds is 0. The van der Waals surface area contributed by atoms with E-state index in [9.17, 15) is 0 Å². The molecular formula is C9H24ErO3. The standard InChI is InChI=1S/3C3H8O.Er/c3*1-3(2)4;/h3*3-4H,1-2H3;. The molecule has 0 saturated heterocycles. The Morgan fingerprint density at radius 3 is 0.538 bits per heavy atom. The second-order valence-electron chi connectivity index (χ2n) is 3.28. The summed E-state index contributed by atoms with van der Waals surface area (Å²) >= 11 is 0. The van der Waals surface area contributed by atoms with Crippen LogP contribution >= 0.6 is 0 Å². The molecule has 3 nitrogen and oxygen atoms in total. The van der Waals surface area contributed by atoms with Crippen LogP contribution in [0.3, 0.4) is 0 Å². The third-order valence-electron chi connectivity index (χ3n) is 0. The van der Waals surface area contributed by atoms with Crippen molar-refractivity contribution in [1.29, 1.82) is 0 Å². The summed E-state index contributed by atoms with van der Waals surface area (Å²) in [6, 6.07) is 0. The summed E-state index contributed by atoms with van der Waals surface area (Å²) in [5.74, 6) is 0. The number of aliphatic hydroxyl groups excluding tert-OH is 3. The molecule has 13 heavy (non-hydrogen) atoms. The first-order valence-electron chi connectivity index (χ1n) is 4.24. The van der Waals surface area contributed by atoms with Crippen molar-refractivity contribution in [2.75, 3.05) is 0 Å². The summed E-state index contributed by atoms with van der Waals surface area (Å²) < 4.78 is 0. The van der Waals surface area contributed by atoms with Gasteiger partial charge in [0, 0.05) is 55.6 Å². The fourth-order valence-electron chi connectivity index (χ4n) is 0. The van der Waals surface area contributed by atoms with Crippen LogP contribution in [0, 0.1) is 37.3 Å². The Balaban J connectivity index is -0.0000000450. The van der Waals surface area contributed by atoms with E-state index in [0.29, 0.717) is 0 Å². The molecule has 0 fully saturated rings. The topological polar surface area (TPSA) is 60.7 Å². The maximum Gasteiger partial charge on any atom is 0.0483 e. The maximum atomic E-state index is 8.06. The van der Waals surface area contributed by atoms with E-state index in [1.807, 2.05) is 0 Å². The van der Waals surface area contributed by atoms with Gasteiger partial charge in [0.25, 0.3) is 0 Å². The zero-order valence-electron chi connectivity index (χ0n) is 9.36. The first-order chi connectivity index (χ1) is 5.20. The minimum absolute atomic E-state index is 0. The molecule has 4 heteroatoms. The minimum Gasteiger partial charge on any atom is -0.394 e. The van der Waals surface area contributed by atoms with E-state index in [4.69, 9.17) is 15.3 Å². The number of hydrogen-bond acceptors (Lipinski definition) is 3. The molecule has 0 aromatic heterocycles. The molecule has 0 spiro atoms. The first kappa shape index (κ1) is 23.7. The Morgan fingerprint density at radius 2 is 0.538 bits per heavy atom. The SMILES string of the molecule is CC(C)O.CC(C)O.CC(C)O.[Er]. The second kappa shape index (κ2) is 18.8. The van der Waals surface area contributed by atoms with Crippen LogP contribution in [-0.2, 0) is 0 Å². The number of hydrogen-bond donors (Lipinski definition) is 3. The quantitative estimate of drug-likeness (QED) is 0.616.